The fourth-order valence-electron chi connectivity index (χ4n) is 3.29. The topological polar surface area (TPSA) is 67.5 Å². The second-order valence-electron chi connectivity index (χ2n) is 6.29. The first-order valence-corrected chi connectivity index (χ1v) is 8.30. The number of aromatic nitrogens is 1. The Morgan fingerprint density at radius 3 is 2.88 bits per heavy atom. The van der Waals surface area contributed by atoms with Crippen molar-refractivity contribution in [1.29, 1.82) is 0 Å². The first kappa shape index (κ1) is 15.5. The highest BCUT2D eigenvalue weighted by Crippen LogP contribution is 2.30. The SMILES string of the molecule is CN1C(=O)CCC(n2cc3cccc(NCc4ccco4)c3c2)C1=O. The Kier molecular flexibility index (Phi) is 3.80. The van der Waals surface area contributed by atoms with Crippen LogP contribution in [-0.4, -0.2) is 28.3 Å². The summed E-state index contributed by atoms with van der Waals surface area (Å²) in [4.78, 5) is 25.3. The number of carbonyl (C=O) groups excluding carboxylic acids is 2. The molecule has 1 atom stereocenters. The molecule has 1 N–H and O–H groups in total. The van der Waals surface area contributed by atoms with Crippen molar-refractivity contribution in [2.45, 2.75) is 25.4 Å². The summed E-state index contributed by atoms with van der Waals surface area (Å²) in [6.45, 7) is 0.594. The van der Waals surface area contributed by atoms with E-state index < -0.39 is 0 Å². The van der Waals surface area contributed by atoms with Crippen LogP contribution in [0.2, 0.25) is 0 Å². The average Bonchev–Trinajstić information content (AvgIpc) is 3.27. The zero-order chi connectivity index (χ0) is 17.4. The lowest BCUT2D eigenvalue weighted by Crippen LogP contribution is -2.42. The lowest BCUT2D eigenvalue weighted by molar-refractivity contribution is -0.149. The number of likely N-dealkylation sites (N-methyl/N-ethyl adjacent to an activating group) is 1. The van der Waals surface area contributed by atoms with Crippen LogP contribution in [0.5, 0.6) is 0 Å². The molecule has 4 rings (SSSR count). The number of nitrogens with zero attached hydrogens (tertiary/aromatic N) is 2. The normalized spacial score (nSPS) is 18.1. The highest BCUT2D eigenvalue weighted by atomic mass is 16.3. The molecular weight excluding hydrogens is 318 g/mol. The maximum absolute atomic E-state index is 12.4. The zero-order valence-electron chi connectivity index (χ0n) is 13.9. The number of fused-ring (bicyclic) bond motifs is 1. The quantitative estimate of drug-likeness (QED) is 0.743. The van der Waals surface area contributed by atoms with Crippen molar-refractivity contribution in [3.05, 3.63) is 54.7 Å². The predicted octanol–water partition coefficient (Wildman–Crippen LogP) is 3.17. The molecule has 1 aromatic carbocycles. The van der Waals surface area contributed by atoms with Gasteiger partial charge in [0, 0.05) is 42.3 Å². The number of hydrogen-bond acceptors (Lipinski definition) is 4. The number of anilines is 1. The van der Waals surface area contributed by atoms with Gasteiger partial charge in [0.1, 0.15) is 11.8 Å². The highest BCUT2D eigenvalue weighted by molar-refractivity contribution is 6.00. The van der Waals surface area contributed by atoms with Crippen LogP contribution in [0.1, 0.15) is 24.6 Å². The fraction of sp³-hybridized carbons (Fsp3) is 0.263. The number of likely N-dealkylation sites (tertiary alicyclic amines) is 1. The number of benzene rings is 1. The largest absolute Gasteiger partial charge is 0.467 e. The molecule has 1 aliphatic heterocycles. The number of amides is 2. The summed E-state index contributed by atoms with van der Waals surface area (Å²) in [6.07, 6.45) is 6.54. The maximum Gasteiger partial charge on any atom is 0.251 e. The molecule has 0 saturated carbocycles. The molecule has 1 unspecified atom stereocenters. The van der Waals surface area contributed by atoms with Crippen molar-refractivity contribution in [1.82, 2.24) is 9.47 Å². The van der Waals surface area contributed by atoms with Gasteiger partial charge in [-0.3, -0.25) is 14.5 Å². The van der Waals surface area contributed by atoms with Crippen LogP contribution >= 0.6 is 0 Å². The Bertz CT molecular complexity index is 927. The predicted molar refractivity (Wildman–Crippen MR) is 94.0 cm³/mol. The molecule has 2 amide bonds. The Hall–Kier alpha value is -3.02. The smallest absolute Gasteiger partial charge is 0.251 e. The van der Waals surface area contributed by atoms with E-state index in [1.54, 1.807) is 13.3 Å². The number of rotatable bonds is 4. The lowest BCUT2D eigenvalue weighted by Gasteiger charge is -2.28. The minimum absolute atomic E-state index is 0.112. The van der Waals surface area contributed by atoms with Gasteiger partial charge in [0.2, 0.25) is 5.91 Å². The number of imide groups is 1. The van der Waals surface area contributed by atoms with E-state index in [2.05, 4.69) is 5.32 Å². The van der Waals surface area contributed by atoms with Crippen LogP contribution in [0.25, 0.3) is 10.8 Å². The first-order valence-electron chi connectivity index (χ1n) is 8.30. The summed E-state index contributed by atoms with van der Waals surface area (Å²) in [5.74, 6) is 0.597. The number of carbonyl (C=O) groups is 2. The molecule has 1 fully saturated rings. The summed E-state index contributed by atoms with van der Waals surface area (Å²) in [5, 5.41) is 5.47. The van der Waals surface area contributed by atoms with Gasteiger partial charge < -0.3 is 14.3 Å². The molecule has 25 heavy (non-hydrogen) atoms. The number of hydrogen-bond donors (Lipinski definition) is 1. The molecule has 0 aliphatic carbocycles. The van der Waals surface area contributed by atoms with Crippen LogP contribution in [-0.2, 0) is 16.1 Å². The van der Waals surface area contributed by atoms with E-state index in [0.717, 1.165) is 22.2 Å². The van der Waals surface area contributed by atoms with E-state index >= 15 is 0 Å². The fourth-order valence-corrected chi connectivity index (χ4v) is 3.29. The van der Waals surface area contributed by atoms with Crippen molar-refractivity contribution in [3.8, 4) is 0 Å². The van der Waals surface area contributed by atoms with E-state index in [1.165, 1.54) is 4.90 Å². The maximum atomic E-state index is 12.4. The Labute approximate surface area is 145 Å². The average molecular weight is 337 g/mol. The van der Waals surface area contributed by atoms with Crippen molar-refractivity contribution in [2.24, 2.45) is 0 Å². The molecule has 6 heteroatoms. The molecule has 0 radical (unpaired) electrons. The Morgan fingerprint density at radius 1 is 1.20 bits per heavy atom. The second kappa shape index (κ2) is 6.12. The van der Waals surface area contributed by atoms with Gasteiger partial charge in [-0.25, -0.2) is 0 Å². The third kappa shape index (κ3) is 2.80. The van der Waals surface area contributed by atoms with Gasteiger partial charge in [-0.1, -0.05) is 12.1 Å². The Morgan fingerprint density at radius 2 is 2.08 bits per heavy atom. The third-order valence-corrected chi connectivity index (χ3v) is 4.72. The van der Waals surface area contributed by atoms with E-state index in [9.17, 15) is 9.59 Å². The number of piperidine rings is 1. The van der Waals surface area contributed by atoms with Gasteiger partial charge in [0.05, 0.1) is 12.8 Å². The van der Waals surface area contributed by atoms with Gasteiger partial charge in [-0.2, -0.15) is 0 Å². The molecule has 1 saturated heterocycles. The molecule has 0 spiro atoms. The summed E-state index contributed by atoms with van der Waals surface area (Å²) in [5.41, 5.74) is 0.986. The zero-order valence-corrected chi connectivity index (χ0v) is 13.9. The van der Waals surface area contributed by atoms with E-state index in [0.29, 0.717) is 19.4 Å². The number of nitrogens with one attached hydrogen (secondary N) is 1. The van der Waals surface area contributed by atoms with Crippen LogP contribution in [0.4, 0.5) is 5.69 Å². The number of furan rings is 1. The van der Waals surface area contributed by atoms with E-state index in [-0.39, 0.29) is 17.9 Å². The summed E-state index contributed by atoms with van der Waals surface area (Å²) in [6, 6.07) is 9.47. The molecule has 0 bridgehead atoms. The molecule has 1 aliphatic rings. The summed E-state index contributed by atoms with van der Waals surface area (Å²) in [7, 11) is 1.55. The van der Waals surface area contributed by atoms with E-state index in [4.69, 9.17) is 4.42 Å². The molecule has 3 heterocycles. The minimum atomic E-state index is -0.326. The van der Waals surface area contributed by atoms with Crippen LogP contribution in [0.3, 0.4) is 0 Å². The van der Waals surface area contributed by atoms with Crippen molar-refractivity contribution in [2.75, 3.05) is 12.4 Å². The van der Waals surface area contributed by atoms with Gasteiger partial charge in [0.15, 0.2) is 0 Å². The minimum Gasteiger partial charge on any atom is -0.467 e. The van der Waals surface area contributed by atoms with Crippen molar-refractivity contribution < 1.29 is 14.0 Å². The molecular formula is C19H19N3O3. The monoisotopic (exact) mass is 337 g/mol. The van der Waals surface area contributed by atoms with Gasteiger partial charge in [0.25, 0.3) is 5.91 Å². The third-order valence-electron chi connectivity index (χ3n) is 4.72. The van der Waals surface area contributed by atoms with Crippen molar-refractivity contribution >= 4 is 28.3 Å². The second-order valence-corrected chi connectivity index (χ2v) is 6.29. The molecule has 128 valence electrons. The van der Waals surface area contributed by atoms with E-state index in [1.807, 2.05) is 47.3 Å². The lowest BCUT2D eigenvalue weighted by atomic mass is 10.0. The van der Waals surface area contributed by atoms with Gasteiger partial charge >= 0.3 is 0 Å². The van der Waals surface area contributed by atoms with Crippen LogP contribution in [0, 0.1) is 0 Å². The van der Waals surface area contributed by atoms with Crippen molar-refractivity contribution in [3.63, 3.8) is 0 Å². The first-order chi connectivity index (χ1) is 12.1. The van der Waals surface area contributed by atoms with Crippen LogP contribution in [0.15, 0.2) is 53.4 Å². The highest BCUT2D eigenvalue weighted by Gasteiger charge is 2.32. The van der Waals surface area contributed by atoms with Gasteiger partial charge in [-0.05, 0) is 24.6 Å². The Balaban J connectivity index is 1.63. The summed E-state index contributed by atoms with van der Waals surface area (Å²) >= 11 is 0. The molecule has 2 aromatic heterocycles. The van der Waals surface area contributed by atoms with Crippen LogP contribution < -0.4 is 5.32 Å². The molecule has 6 nitrogen and oxygen atoms in total. The molecule has 3 aromatic rings. The van der Waals surface area contributed by atoms with Gasteiger partial charge in [-0.15, -0.1) is 0 Å². The standard InChI is InChI=1S/C19H19N3O3/c1-21-18(23)8-7-17(19(21)24)22-11-13-4-2-6-16(15(13)12-22)20-10-14-5-3-9-25-14/h2-6,9,11-12,17,20H,7-8,10H2,1H3. The summed E-state index contributed by atoms with van der Waals surface area (Å²) < 4.78 is 7.28.